The number of aliphatic hydroxyl groups is 1. The first-order chi connectivity index (χ1) is 12.0. The molecule has 0 aliphatic carbocycles. The first-order valence-electron chi connectivity index (χ1n) is 7.72. The van der Waals surface area contributed by atoms with Crippen LogP contribution in [0.1, 0.15) is 19.6 Å². The number of rotatable bonds is 6. The van der Waals surface area contributed by atoms with E-state index in [2.05, 4.69) is 15.0 Å². The van der Waals surface area contributed by atoms with Gasteiger partial charge in [0, 0.05) is 6.42 Å². The number of ether oxygens (including phenoxy) is 3. The van der Waals surface area contributed by atoms with E-state index in [0.29, 0.717) is 24.2 Å². The lowest BCUT2D eigenvalue weighted by Gasteiger charge is -2.17. The number of hydrogen-bond donors (Lipinski definition) is 2. The van der Waals surface area contributed by atoms with Gasteiger partial charge in [-0.25, -0.2) is 9.78 Å². The summed E-state index contributed by atoms with van der Waals surface area (Å²) in [7, 11) is 0. The van der Waals surface area contributed by atoms with Gasteiger partial charge in [0.15, 0.2) is 17.7 Å². The zero-order valence-electron chi connectivity index (χ0n) is 13.5. The maximum atomic E-state index is 11.3. The number of imidazole rings is 1. The fraction of sp³-hybridized carbons (Fsp3) is 0.571. The predicted molar refractivity (Wildman–Crippen MR) is 86.7 cm³/mol. The third-order valence-corrected chi connectivity index (χ3v) is 3.86. The summed E-state index contributed by atoms with van der Waals surface area (Å²) in [6.45, 7) is 2.00. The minimum atomic E-state index is -0.802. The fourth-order valence-electron chi connectivity index (χ4n) is 2.66. The molecule has 25 heavy (non-hydrogen) atoms. The van der Waals surface area contributed by atoms with Gasteiger partial charge in [-0.3, -0.25) is 4.57 Å². The van der Waals surface area contributed by atoms with Gasteiger partial charge in [0.25, 0.3) is 0 Å². The SMILES string of the molecule is CCOC(=O)COC[C@@H]1C[C@@H](O)[C@H](n2cnc3c(N)nc(Cl)nc32)O1. The predicted octanol–water partition coefficient (Wildman–Crippen LogP) is 0.290. The van der Waals surface area contributed by atoms with Gasteiger partial charge in [-0.15, -0.1) is 0 Å². The molecule has 10 nitrogen and oxygen atoms in total. The highest BCUT2D eigenvalue weighted by molar-refractivity contribution is 6.28. The van der Waals surface area contributed by atoms with E-state index in [4.69, 9.17) is 31.5 Å². The number of aliphatic hydroxyl groups excluding tert-OH is 1. The molecule has 0 amide bonds. The monoisotopic (exact) mass is 371 g/mol. The van der Waals surface area contributed by atoms with E-state index in [1.54, 1.807) is 11.5 Å². The number of hydrogen-bond acceptors (Lipinski definition) is 9. The van der Waals surface area contributed by atoms with E-state index in [9.17, 15) is 9.90 Å². The Morgan fingerprint density at radius 3 is 3.12 bits per heavy atom. The summed E-state index contributed by atoms with van der Waals surface area (Å²) in [5, 5.41) is 10.3. The van der Waals surface area contributed by atoms with E-state index in [1.165, 1.54) is 6.33 Å². The molecule has 1 aliphatic rings. The Balaban J connectivity index is 1.67. The van der Waals surface area contributed by atoms with Crippen LogP contribution in [-0.2, 0) is 19.0 Å². The Hall–Kier alpha value is -2.01. The highest BCUT2D eigenvalue weighted by atomic mass is 35.5. The highest BCUT2D eigenvalue weighted by Gasteiger charge is 2.36. The Morgan fingerprint density at radius 2 is 2.36 bits per heavy atom. The van der Waals surface area contributed by atoms with Crippen LogP contribution in [-0.4, -0.2) is 62.6 Å². The minimum Gasteiger partial charge on any atom is -0.464 e. The number of fused-ring (bicyclic) bond motifs is 1. The first kappa shape index (κ1) is 17.8. The van der Waals surface area contributed by atoms with Crippen LogP contribution < -0.4 is 5.73 Å². The van der Waals surface area contributed by atoms with E-state index in [1.807, 2.05) is 0 Å². The van der Waals surface area contributed by atoms with E-state index in [-0.39, 0.29) is 30.4 Å². The molecule has 0 radical (unpaired) electrons. The third kappa shape index (κ3) is 3.82. The quantitative estimate of drug-likeness (QED) is 0.542. The van der Waals surface area contributed by atoms with Crippen molar-refractivity contribution in [1.82, 2.24) is 19.5 Å². The largest absolute Gasteiger partial charge is 0.464 e. The van der Waals surface area contributed by atoms with Gasteiger partial charge in [0.1, 0.15) is 18.2 Å². The molecule has 3 heterocycles. The van der Waals surface area contributed by atoms with Crippen LogP contribution >= 0.6 is 11.6 Å². The maximum Gasteiger partial charge on any atom is 0.332 e. The van der Waals surface area contributed by atoms with E-state index >= 15 is 0 Å². The van der Waals surface area contributed by atoms with Gasteiger partial charge < -0.3 is 25.1 Å². The second-order valence-corrected chi connectivity index (χ2v) is 5.81. The number of nitrogen functional groups attached to an aromatic ring is 1. The number of carbonyl (C=O) groups is 1. The Morgan fingerprint density at radius 1 is 1.56 bits per heavy atom. The molecule has 3 atom stereocenters. The number of anilines is 1. The number of nitrogens with zero attached hydrogens (tertiary/aromatic N) is 4. The molecular weight excluding hydrogens is 354 g/mol. The van der Waals surface area contributed by atoms with Crippen molar-refractivity contribution in [3.05, 3.63) is 11.6 Å². The van der Waals surface area contributed by atoms with Crippen molar-refractivity contribution in [2.24, 2.45) is 0 Å². The zero-order chi connectivity index (χ0) is 18.0. The topological polar surface area (TPSA) is 135 Å². The lowest BCUT2D eigenvalue weighted by molar-refractivity contribution is -0.150. The van der Waals surface area contributed by atoms with Gasteiger partial charge in [-0.05, 0) is 18.5 Å². The third-order valence-electron chi connectivity index (χ3n) is 3.69. The normalized spacial score (nSPS) is 23.2. The molecule has 3 rings (SSSR count). The standard InChI is InChI=1S/C14H18ClN5O5/c1-2-24-9(22)5-23-4-7-3-8(21)13(25-7)20-6-17-10-11(16)18-14(15)19-12(10)20/h6-8,13,21H,2-5H2,1H3,(H2,16,18,19)/t7-,8+,13+/m0/s1. The fourth-order valence-corrected chi connectivity index (χ4v) is 2.83. The van der Waals surface area contributed by atoms with Crippen molar-refractivity contribution < 1.29 is 24.1 Å². The van der Waals surface area contributed by atoms with Gasteiger partial charge in [0.05, 0.1) is 25.6 Å². The van der Waals surface area contributed by atoms with Gasteiger partial charge >= 0.3 is 5.97 Å². The molecule has 2 aromatic heterocycles. The molecule has 1 aliphatic heterocycles. The number of nitrogens with two attached hydrogens (primary N) is 1. The number of esters is 1. The van der Waals surface area contributed by atoms with Crippen LogP contribution in [0.4, 0.5) is 5.82 Å². The smallest absolute Gasteiger partial charge is 0.332 e. The second-order valence-electron chi connectivity index (χ2n) is 5.47. The Kier molecular flexibility index (Phi) is 5.33. The lowest BCUT2D eigenvalue weighted by Crippen LogP contribution is -2.20. The number of aromatic nitrogens is 4. The summed E-state index contributed by atoms with van der Waals surface area (Å²) < 4.78 is 17.4. The molecular formula is C14H18ClN5O5. The molecule has 1 fully saturated rings. The molecule has 0 aromatic carbocycles. The summed E-state index contributed by atoms with van der Waals surface area (Å²) in [6, 6.07) is 0. The van der Waals surface area contributed by atoms with Crippen molar-refractivity contribution >= 4 is 34.6 Å². The van der Waals surface area contributed by atoms with Crippen LogP contribution in [0.2, 0.25) is 5.28 Å². The zero-order valence-corrected chi connectivity index (χ0v) is 14.2. The molecule has 0 saturated carbocycles. The molecule has 11 heteroatoms. The molecule has 136 valence electrons. The summed E-state index contributed by atoms with van der Waals surface area (Å²) in [5.74, 6) is -0.296. The lowest BCUT2D eigenvalue weighted by atomic mass is 10.2. The summed E-state index contributed by atoms with van der Waals surface area (Å²) in [6.07, 6.45) is -0.111. The molecule has 3 N–H and O–H groups in total. The highest BCUT2D eigenvalue weighted by Crippen LogP contribution is 2.32. The van der Waals surface area contributed by atoms with Crippen molar-refractivity contribution in [3.8, 4) is 0 Å². The van der Waals surface area contributed by atoms with Crippen LogP contribution in [0.15, 0.2) is 6.33 Å². The average Bonchev–Trinajstić information content (AvgIpc) is 3.11. The van der Waals surface area contributed by atoms with Crippen molar-refractivity contribution in [2.75, 3.05) is 25.6 Å². The Labute approximate surface area is 147 Å². The van der Waals surface area contributed by atoms with Crippen molar-refractivity contribution in [2.45, 2.75) is 31.8 Å². The molecule has 1 saturated heterocycles. The van der Waals surface area contributed by atoms with Gasteiger partial charge in [0.2, 0.25) is 5.28 Å². The van der Waals surface area contributed by atoms with Gasteiger partial charge in [-0.2, -0.15) is 9.97 Å². The summed E-state index contributed by atoms with van der Waals surface area (Å²) in [4.78, 5) is 23.3. The Bertz CT molecular complexity index is 769. The van der Waals surface area contributed by atoms with E-state index < -0.39 is 18.3 Å². The summed E-state index contributed by atoms with van der Waals surface area (Å²) >= 11 is 5.84. The minimum absolute atomic E-state index is 0.0199. The van der Waals surface area contributed by atoms with Crippen molar-refractivity contribution in [1.29, 1.82) is 0 Å². The van der Waals surface area contributed by atoms with Crippen LogP contribution in [0.25, 0.3) is 11.2 Å². The second kappa shape index (κ2) is 7.48. The number of carbonyl (C=O) groups excluding carboxylic acids is 1. The maximum absolute atomic E-state index is 11.3. The van der Waals surface area contributed by atoms with Crippen LogP contribution in [0.3, 0.4) is 0 Å². The molecule has 0 unspecified atom stereocenters. The van der Waals surface area contributed by atoms with Crippen molar-refractivity contribution in [3.63, 3.8) is 0 Å². The van der Waals surface area contributed by atoms with E-state index in [0.717, 1.165) is 0 Å². The van der Waals surface area contributed by atoms with Crippen LogP contribution in [0, 0.1) is 0 Å². The first-order valence-corrected chi connectivity index (χ1v) is 8.09. The summed E-state index contributed by atoms with van der Waals surface area (Å²) in [5.41, 5.74) is 6.52. The van der Waals surface area contributed by atoms with Gasteiger partial charge in [-0.1, -0.05) is 0 Å². The van der Waals surface area contributed by atoms with Crippen LogP contribution in [0.5, 0.6) is 0 Å². The molecule has 0 spiro atoms. The average molecular weight is 372 g/mol. The molecule has 2 aromatic rings. The number of halogens is 1. The molecule has 0 bridgehead atoms.